The number of nitrogens with one attached hydrogen (secondary N) is 2. The minimum Gasteiger partial charge on any atom is -0.495 e. The zero-order valence-electron chi connectivity index (χ0n) is 37.9. The van der Waals surface area contributed by atoms with Crippen molar-refractivity contribution in [2.24, 2.45) is 17.7 Å². The summed E-state index contributed by atoms with van der Waals surface area (Å²) in [5.41, 5.74) is 0.0396. The van der Waals surface area contributed by atoms with Gasteiger partial charge in [-0.05, 0) is 76.5 Å². The number of allylic oxidation sites excluding steroid dienone is 3. The molecule has 1 aliphatic carbocycles. The molecule has 1 aromatic carbocycles. The molecule has 5 N–H and O–H groups in total. The highest BCUT2D eigenvalue weighted by Gasteiger charge is 2.63. The van der Waals surface area contributed by atoms with E-state index in [0.717, 1.165) is 24.0 Å². The number of rotatable bonds is 13. The molecule has 7 rings (SSSR count). The van der Waals surface area contributed by atoms with E-state index in [1.54, 1.807) is 45.2 Å². The highest BCUT2D eigenvalue weighted by Crippen LogP contribution is 2.50. The fraction of sp³-hybridized carbons (Fsp3) is 0.644. The Hall–Kier alpha value is -4.24. The summed E-state index contributed by atoms with van der Waals surface area (Å²) in [6.45, 7) is 5.88. The van der Waals surface area contributed by atoms with Gasteiger partial charge in [-0.25, -0.2) is 10.6 Å². The molecule has 7 atom stereocenters. The number of amides is 5. The lowest BCUT2D eigenvalue weighted by Gasteiger charge is -2.59. The number of thioether (sulfide) groups is 1. The monoisotopic (exact) mass is 947 g/mol. The number of esters is 1. The topological polar surface area (TPSA) is 235 Å². The van der Waals surface area contributed by atoms with Crippen molar-refractivity contribution in [3.05, 3.63) is 46.5 Å². The Labute approximate surface area is 388 Å². The summed E-state index contributed by atoms with van der Waals surface area (Å²) in [5.74, 6) is 4.32. The molecular weight excluding hydrogens is 886 g/mol. The van der Waals surface area contributed by atoms with Crippen molar-refractivity contribution in [1.82, 2.24) is 15.6 Å². The van der Waals surface area contributed by atoms with E-state index < -0.39 is 58.5 Å². The van der Waals surface area contributed by atoms with Crippen LogP contribution in [0.15, 0.2) is 35.9 Å². The summed E-state index contributed by atoms with van der Waals surface area (Å²) in [6.07, 6.45) is 4.24. The summed E-state index contributed by atoms with van der Waals surface area (Å²) >= 11 is 8.10. The number of nitrogens with two attached hydrogens (primary N) is 1. The molecule has 0 spiro atoms. The van der Waals surface area contributed by atoms with Crippen LogP contribution in [-0.4, -0.2) is 133 Å². The van der Waals surface area contributed by atoms with E-state index in [2.05, 4.69) is 10.7 Å². The van der Waals surface area contributed by atoms with Crippen LogP contribution in [0, 0.1) is 11.8 Å². The van der Waals surface area contributed by atoms with Crippen LogP contribution in [0.2, 0.25) is 5.02 Å². The lowest BCUT2D eigenvalue weighted by atomic mass is 9.72. The minimum absolute atomic E-state index is 0.0153. The number of carbonyl (C=O) groups excluding carboxylic acids is 6. The van der Waals surface area contributed by atoms with Crippen molar-refractivity contribution in [2.45, 2.75) is 125 Å². The van der Waals surface area contributed by atoms with Crippen LogP contribution >= 0.6 is 23.4 Å². The van der Waals surface area contributed by atoms with Gasteiger partial charge in [0, 0.05) is 51.6 Å². The maximum Gasteiger partial charge on any atom is 0.409 e. The summed E-state index contributed by atoms with van der Waals surface area (Å²) < 4.78 is 35.2. The fourth-order valence-electron chi connectivity index (χ4n) is 9.58. The molecule has 0 aromatic heterocycles. The minimum atomic E-state index is -1.87. The van der Waals surface area contributed by atoms with E-state index in [-0.39, 0.29) is 79.9 Å². The van der Waals surface area contributed by atoms with Gasteiger partial charge < -0.3 is 38.4 Å². The smallest absolute Gasteiger partial charge is 0.409 e. The highest BCUT2D eigenvalue weighted by atomic mass is 35.5. The van der Waals surface area contributed by atoms with Crippen molar-refractivity contribution >= 4 is 64.7 Å². The molecule has 6 aliphatic rings. The van der Waals surface area contributed by atoms with Crippen LogP contribution in [-0.2, 0) is 54.1 Å². The number of carbonyl (C=O) groups is 6. The van der Waals surface area contributed by atoms with Crippen LogP contribution < -0.4 is 26.2 Å². The number of benzene rings is 1. The number of hydrogen-bond donors (Lipinski definition) is 4. The Bertz CT molecular complexity index is 2040. The summed E-state index contributed by atoms with van der Waals surface area (Å²) in [5, 5.41) is 14.0. The Balaban J connectivity index is 1.09. The molecule has 20 heteroatoms. The molecule has 358 valence electrons. The van der Waals surface area contributed by atoms with Crippen molar-refractivity contribution in [1.29, 1.82) is 0 Å². The number of alkyl carbamates (subject to hydrolysis) is 1. The summed E-state index contributed by atoms with van der Waals surface area (Å²) in [4.78, 5) is 81.2. The van der Waals surface area contributed by atoms with Gasteiger partial charge in [0.15, 0.2) is 5.72 Å². The molecule has 65 heavy (non-hydrogen) atoms. The number of likely N-dealkylation sites (tertiary alicyclic amines) is 1. The van der Waals surface area contributed by atoms with Gasteiger partial charge in [-0.15, -0.1) is 11.8 Å². The van der Waals surface area contributed by atoms with Crippen LogP contribution in [0.5, 0.6) is 5.75 Å². The number of nitrogens with zero attached hydrogens (tertiary/aromatic N) is 2. The van der Waals surface area contributed by atoms with E-state index in [1.165, 1.54) is 35.8 Å². The average Bonchev–Trinajstić information content (AvgIpc) is 3.52. The fourth-order valence-corrected chi connectivity index (χ4v) is 10.9. The second-order valence-corrected chi connectivity index (χ2v) is 19.7. The third-order valence-corrected chi connectivity index (χ3v) is 14.7. The third kappa shape index (κ3) is 11.7. The maximum absolute atomic E-state index is 14.2. The molecular formula is C45H62ClN5O13S. The zero-order chi connectivity index (χ0) is 47.3. The third-order valence-electron chi connectivity index (χ3n) is 13.1. The van der Waals surface area contributed by atoms with Crippen molar-refractivity contribution < 1.29 is 62.3 Å². The van der Waals surface area contributed by atoms with Crippen molar-refractivity contribution in [2.75, 3.05) is 51.7 Å². The lowest BCUT2D eigenvalue weighted by molar-refractivity contribution is -0.328. The SMILES string of the molecule is COc1cc2cc(c1Cl)N(C)C(=O)C[C@H](OC(=O)CCOCCSC1CC(=O)N(CC3CCC(C(=O)NN)CC3)C1=O)[C@@]1(C)CC(C)(O1)C1C[C@@](O)(NC(=O)O1)[C@H](OC)/C=C/C=C(\C)C2. The van der Waals surface area contributed by atoms with Crippen LogP contribution in [0.25, 0.3) is 0 Å². The van der Waals surface area contributed by atoms with Gasteiger partial charge in [-0.3, -0.25) is 39.6 Å². The number of imide groups is 1. The van der Waals surface area contributed by atoms with Gasteiger partial charge >= 0.3 is 12.1 Å². The first-order valence-electron chi connectivity index (χ1n) is 22.0. The van der Waals surface area contributed by atoms with Gasteiger partial charge in [0.2, 0.25) is 23.6 Å². The van der Waals surface area contributed by atoms with E-state index in [0.29, 0.717) is 43.0 Å². The van der Waals surface area contributed by atoms with Crippen LogP contribution in [0.4, 0.5) is 10.5 Å². The second-order valence-electron chi connectivity index (χ2n) is 18.0. The molecule has 5 amide bonds. The van der Waals surface area contributed by atoms with E-state index in [1.807, 2.05) is 13.0 Å². The predicted octanol–water partition coefficient (Wildman–Crippen LogP) is 3.88. The Morgan fingerprint density at radius 1 is 1.06 bits per heavy atom. The summed E-state index contributed by atoms with van der Waals surface area (Å²) in [6, 6.07) is 3.58. The predicted molar refractivity (Wildman–Crippen MR) is 240 cm³/mol. The Morgan fingerprint density at radius 3 is 2.46 bits per heavy atom. The summed E-state index contributed by atoms with van der Waals surface area (Å²) in [7, 11) is 4.48. The van der Waals surface area contributed by atoms with E-state index >= 15 is 0 Å². The van der Waals surface area contributed by atoms with Gasteiger partial charge in [0.05, 0.1) is 44.1 Å². The first-order valence-corrected chi connectivity index (χ1v) is 23.4. The molecule has 5 heterocycles. The van der Waals surface area contributed by atoms with Gasteiger partial charge in [-0.2, -0.15) is 0 Å². The molecule has 1 saturated carbocycles. The second kappa shape index (κ2) is 21.2. The molecule has 0 radical (unpaired) electrons. The quantitative estimate of drug-likeness (QED) is 0.0549. The first-order chi connectivity index (χ1) is 30.8. The van der Waals surface area contributed by atoms with Gasteiger partial charge in [0.1, 0.15) is 40.3 Å². The zero-order valence-corrected chi connectivity index (χ0v) is 39.4. The number of methoxy groups -OCH3 is 2. The number of ether oxygens (including phenoxy) is 6. The molecule has 1 aromatic rings. The molecule has 18 nitrogen and oxygen atoms in total. The Kier molecular flexibility index (Phi) is 16.3. The van der Waals surface area contributed by atoms with Gasteiger partial charge in [0.25, 0.3) is 0 Å². The molecule has 4 fully saturated rings. The van der Waals surface area contributed by atoms with Crippen molar-refractivity contribution in [3.8, 4) is 5.75 Å². The normalized spacial score (nSPS) is 33.3. The number of hydrazine groups is 1. The standard InChI is InChI=1S/C45H62ClN5O13S/c1-26-8-7-9-33(60-6)45(58)23-35(63-42(57)48-45)44(3)25-43(2,64-44)34(22-36(52)50(4)30-19-28(18-26)20-31(59-5)39(30)46)62-38(54)14-15-61-16-17-65-32-21-37(53)51(41(32)56)24-27-10-12-29(13-11-27)40(55)49-47/h7-9,19-20,27,29,32-35,58H,10-18,21-25,47H2,1-6H3,(H,48,57)(H,49,55)/b9-7+,26-8+/t27?,29?,32?,33-,34+,35?,43-,44?,45+/m1/s1. The van der Waals surface area contributed by atoms with E-state index in [4.69, 9.17) is 45.9 Å². The molecule has 3 unspecified atom stereocenters. The first kappa shape index (κ1) is 50.2. The number of hydrogen-bond acceptors (Lipinski definition) is 15. The Morgan fingerprint density at radius 2 is 1.78 bits per heavy atom. The van der Waals surface area contributed by atoms with E-state index in [9.17, 15) is 33.9 Å². The maximum atomic E-state index is 14.2. The lowest BCUT2D eigenvalue weighted by Crippen LogP contribution is -2.72. The van der Waals surface area contributed by atoms with Crippen molar-refractivity contribution in [3.63, 3.8) is 0 Å². The average molecular weight is 949 g/mol. The molecule has 3 saturated heterocycles. The number of anilines is 1. The number of aliphatic hydroxyl groups is 1. The largest absolute Gasteiger partial charge is 0.495 e. The molecule has 6 bridgehead atoms. The van der Waals surface area contributed by atoms with Crippen LogP contribution in [0.1, 0.15) is 84.1 Å². The highest BCUT2D eigenvalue weighted by molar-refractivity contribution is 8.00. The number of fused-ring (bicyclic) bond motifs is 6. The van der Waals surface area contributed by atoms with Gasteiger partial charge in [-0.1, -0.05) is 35.4 Å². The van der Waals surface area contributed by atoms with Crippen LogP contribution in [0.3, 0.4) is 0 Å². The molecule has 5 aliphatic heterocycles. The number of halogens is 1.